The van der Waals surface area contributed by atoms with Crippen molar-refractivity contribution in [3.8, 4) is 6.07 Å². The molecule has 1 aliphatic carbocycles. The Labute approximate surface area is 180 Å². The molecule has 5 rings (SSSR count). The number of nitrogens with zero attached hydrogens (tertiary/aromatic N) is 1. The zero-order valence-electron chi connectivity index (χ0n) is 17.3. The van der Waals surface area contributed by atoms with Gasteiger partial charge < -0.3 is 14.5 Å². The molecule has 1 aromatic heterocycles. The fourth-order valence-corrected chi connectivity index (χ4v) is 4.80. The minimum Gasteiger partial charge on any atom is -0.456 e. The third-order valence-corrected chi connectivity index (χ3v) is 6.61. The van der Waals surface area contributed by atoms with Crippen molar-refractivity contribution in [2.45, 2.75) is 50.7 Å². The van der Waals surface area contributed by atoms with Crippen molar-refractivity contribution in [3.63, 3.8) is 0 Å². The van der Waals surface area contributed by atoms with E-state index in [1.54, 1.807) is 6.07 Å². The molecule has 6 heteroatoms. The second-order valence-corrected chi connectivity index (χ2v) is 8.80. The van der Waals surface area contributed by atoms with Gasteiger partial charge in [-0.1, -0.05) is 12.1 Å². The van der Waals surface area contributed by atoms with Gasteiger partial charge in [0.2, 0.25) is 5.91 Å². The van der Waals surface area contributed by atoms with Crippen molar-refractivity contribution in [3.05, 3.63) is 47.8 Å². The molecule has 1 saturated heterocycles. The van der Waals surface area contributed by atoms with Crippen molar-refractivity contribution in [2.75, 3.05) is 6.61 Å². The number of ether oxygens (including phenoxy) is 1. The van der Waals surface area contributed by atoms with E-state index in [4.69, 9.17) is 9.15 Å². The van der Waals surface area contributed by atoms with Crippen molar-refractivity contribution >= 4 is 27.8 Å². The molecule has 1 aliphatic heterocycles. The van der Waals surface area contributed by atoms with E-state index in [0.717, 1.165) is 41.0 Å². The number of carbonyl (C=O) groups excluding carboxylic acids is 1. The molecule has 1 N–H and O–H groups in total. The van der Waals surface area contributed by atoms with Crippen LogP contribution < -0.4 is 5.32 Å². The number of furan rings is 1. The number of fused-ring (bicyclic) bond motifs is 4. The molecule has 2 aromatic carbocycles. The van der Waals surface area contributed by atoms with E-state index in [1.807, 2.05) is 18.2 Å². The van der Waals surface area contributed by atoms with Gasteiger partial charge in [-0.15, -0.1) is 0 Å². The van der Waals surface area contributed by atoms with E-state index in [2.05, 4.69) is 11.4 Å². The van der Waals surface area contributed by atoms with Crippen molar-refractivity contribution in [1.82, 2.24) is 5.32 Å². The fraction of sp³-hybridized carbons (Fsp3) is 0.440. The predicted octanol–water partition coefficient (Wildman–Crippen LogP) is 4.87. The minimum absolute atomic E-state index is 0.203. The first-order valence-electron chi connectivity index (χ1n) is 11.0. The van der Waals surface area contributed by atoms with E-state index in [1.165, 1.54) is 25.0 Å². The predicted molar refractivity (Wildman–Crippen MR) is 115 cm³/mol. The number of hydrogen-bond acceptors (Lipinski definition) is 4. The molecule has 2 fully saturated rings. The minimum atomic E-state index is -0.656. The summed E-state index contributed by atoms with van der Waals surface area (Å²) in [6.07, 6.45) is 5.08. The van der Waals surface area contributed by atoms with Crippen LogP contribution in [0, 0.1) is 29.0 Å². The molecular formula is C25H25FN2O3. The average Bonchev–Trinajstić information content (AvgIpc) is 3.39. The smallest absolute Gasteiger partial charge is 0.250 e. The van der Waals surface area contributed by atoms with Gasteiger partial charge in [0.05, 0.1) is 6.07 Å². The van der Waals surface area contributed by atoms with Crippen LogP contribution >= 0.6 is 0 Å². The molecule has 160 valence electrons. The first-order chi connectivity index (χ1) is 15.1. The molecule has 3 aromatic rings. The Hall–Kier alpha value is -2.91. The number of benzene rings is 2. The summed E-state index contributed by atoms with van der Waals surface area (Å²) in [5.41, 5.74) is 2.00. The molecule has 1 amide bonds. The van der Waals surface area contributed by atoms with Gasteiger partial charge in [0.25, 0.3) is 0 Å². The lowest BCUT2D eigenvalue weighted by atomic mass is 10.0. The highest BCUT2D eigenvalue weighted by Gasteiger charge is 2.38. The molecule has 2 aliphatic rings. The van der Waals surface area contributed by atoms with Gasteiger partial charge in [-0.3, -0.25) is 4.79 Å². The van der Waals surface area contributed by atoms with E-state index >= 15 is 0 Å². The quantitative estimate of drug-likeness (QED) is 0.653. The molecule has 0 spiro atoms. The van der Waals surface area contributed by atoms with Crippen molar-refractivity contribution < 1.29 is 18.3 Å². The van der Waals surface area contributed by atoms with Crippen LogP contribution in [-0.2, 0) is 16.0 Å². The van der Waals surface area contributed by atoms with Crippen LogP contribution in [0.15, 0.2) is 40.8 Å². The van der Waals surface area contributed by atoms with Crippen LogP contribution in [0.25, 0.3) is 21.9 Å². The van der Waals surface area contributed by atoms with Gasteiger partial charge in [0, 0.05) is 29.9 Å². The topological polar surface area (TPSA) is 75.3 Å². The second-order valence-electron chi connectivity index (χ2n) is 8.80. The van der Waals surface area contributed by atoms with E-state index in [-0.39, 0.29) is 11.7 Å². The van der Waals surface area contributed by atoms with Gasteiger partial charge in [-0.2, -0.15) is 5.26 Å². The maximum atomic E-state index is 13.5. The Kier molecular flexibility index (Phi) is 5.37. The molecular weight excluding hydrogens is 395 g/mol. The Morgan fingerprint density at radius 3 is 2.74 bits per heavy atom. The van der Waals surface area contributed by atoms with Gasteiger partial charge in [0.15, 0.2) is 0 Å². The highest BCUT2D eigenvalue weighted by Crippen LogP contribution is 2.46. The Balaban J connectivity index is 1.27. The number of nitrogens with one attached hydrogen (secondary N) is 1. The van der Waals surface area contributed by atoms with Crippen LogP contribution in [0.2, 0.25) is 0 Å². The van der Waals surface area contributed by atoms with E-state index < -0.39 is 12.1 Å². The largest absolute Gasteiger partial charge is 0.456 e. The summed E-state index contributed by atoms with van der Waals surface area (Å²) >= 11 is 0. The Bertz CT molecular complexity index is 1160. The average molecular weight is 420 g/mol. The first-order valence-corrected chi connectivity index (χ1v) is 11.0. The normalized spacial score (nSPS) is 24.5. The molecule has 1 saturated carbocycles. The van der Waals surface area contributed by atoms with Gasteiger partial charge in [-0.05, 0) is 67.7 Å². The standard InChI is InChI=1S/C25H25FN2O3/c26-18-5-7-21-20-6-3-15(11-23(20)31-24(21)13-18)10-19(14-27)28-25(29)22-8-4-17-12-16(17)2-1-9-30-22/h3,5-7,11,13,16-17,19,22H,1-2,4,8-10,12H2,(H,28,29)/t16?,17?,19?,22-/m0/s1. The molecule has 31 heavy (non-hydrogen) atoms. The van der Waals surface area contributed by atoms with Gasteiger partial charge in [0.1, 0.15) is 29.1 Å². The summed E-state index contributed by atoms with van der Waals surface area (Å²) in [7, 11) is 0. The lowest BCUT2D eigenvalue weighted by Crippen LogP contribution is -2.43. The zero-order valence-corrected chi connectivity index (χ0v) is 17.3. The zero-order chi connectivity index (χ0) is 21.4. The third-order valence-electron chi connectivity index (χ3n) is 6.61. The van der Waals surface area contributed by atoms with E-state index in [0.29, 0.717) is 30.6 Å². The van der Waals surface area contributed by atoms with Crippen LogP contribution in [0.3, 0.4) is 0 Å². The number of halogens is 1. The lowest BCUT2D eigenvalue weighted by molar-refractivity contribution is -0.133. The summed E-state index contributed by atoms with van der Waals surface area (Å²) in [6, 6.07) is 11.7. The Morgan fingerprint density at radius 1 is 1.13 bits per heavy atom. The molecule has 4 atom stereocenters. The van der Waals surface area contributed by atoms with Crippen molar-refractivity contribution in [1.29, 1.82) is 5.26 Å². The summed E-state index contributed by atoms with van der Waals surface area (Å²) in [5, 5.41) is 14.2. The summed E-state index contributed by atoms with van der Waals surface area (Å²) in [4.78, 5) is 12.8. The number of carbonyl (C=O) groups is 1. The SMILES string of the molecule is N#CC(Cc1ccc2c(c1)oc1cc(F)ccc12)NC(=O)[C@@H]1CCC2CC2CCCO1. The Morgan fingerprint density at radius 2 is 1.90 bits per heavy atom. The monoisotopic (exact) mass is 420 g/mol. The molecule has 5 nitrogen and oxygen atoms in total. The van der Waals surface area contributed by atoms with Gasteiger partial charge >= 0.3 is 0 Å². The lowest BCUT2D eigenvalue weighted by Gasteiger charge is -2.19. The third kappa shape index (κ3) is 4.28. The summed E-state index contributed by atoms with van der Waals surface area (Å²) in [6.45, 7) is 0.599. The number of nitriles is 1. The van der Waals surface area contributed by atoms with Crippen LogP contribution in [0.1, 0.15) is 37.7 Å². The first kappa shape index (κ1) is 20.0. The number of amides is 1. The summed E-state index contributed by atoms with van der Waals surface area (Å²) in [5.74, 6) is 1.02. The van der Waals surface area contributed by atoms with Crippen molar-refractivity contribution in [2.24, 2.45) is 11.8 Å². The maximum Gasteiger partial charge on any atom is 0.250 e. The summed E-state index contributed by atoms with van der Waals surface area (Å²) < 4.78 is 25.1. The molecule has 2 heterocycles. The van der Waals surface area contributed by atoms with Crippen LogP contribution in [-0.4, -0.2) is 24.7 Å². The molecule has 3 unspecified atom stereocenters. The van der Waals surface area contributed by atoms with Gasteiger partial charge in [-0.25, -0.2) is 4.39 Å². The number of hydrogen-bond donors (Lipinski definition) is 1. The van der Waals surface area contributed by atoms with Crippen LogP contribution in [0.5, 0.6) is 0 Å². The highest BCUT2D eigenvalue weighted by atomic mass is 19.1. The fourth-order valence-electron chi connectivity index (χ4n) is 4.80. The van der Waals surface area contributed by atoms with Crippen LogP contribution in [0.4, 0.5) is 4.39 Å². The van der Waals surface area contributed by atoms with E-state index in [9.17, 15) is 14.4 Å². The second kappa shape index (κ2) is 8.32. The maximum absolute atomic E-state index is 13.5. The molecule has 0 radical (unpaired) electrons. The highest BCUT2D eigenvalue weighted by molar-refractivity contribution is 6.04. The number of rotatable bonds is 4. The molecule has 0 bridgehead atoms.